The van der Waals surface area contributed by atoms with E-state index in [-0.39, 0.29) is 5.91 Å². The maximum absolute atomic E-state index is 11.9. The van der Waals surface area contributed by atoms with E-state index in [1.54, 1.807) is 0 Å². The molecule has 4 nitrogen and oxygen atoms in total. The Bertz CT molecular complexity index is 283. The fourth-order valence-corrected chi connectivity index (χ4v) is 3.31. The summed E-state index contributed by atoms with van der Waals surface area (Å²) in [5.41, 5.74) is 0. The monoisotopic (exact) mass is 281 g/mol. The van der Waals surface area contributed by atoms with Crippen molar-refractivity contribution in [1.82, 2.24) is 15.1 Å². The maximum atomic E-state index is 11.9. The minimum Gasteiger partial charge on any atom is -0.355 e. The molecule has 116 valence electrons. The maximum Gasteiger partial charge on any atom is 0.220 e. The first-order chi connectivity index (χ1) is 9.75. The van der Waals surface area contributed by atoms with Gasteiger partial charge in [-0.05, 0) is 71.8 Å². The Balaban J connectivity index is 1.51. The lowest BCUT2D eigenvalue weighted by atomic mass is 10.1. The first-order valence-corrected chi connectivity index (χ1v) is 8.49. The Morgan fingerprint density at radius 3 is 2.40 bits per heavy atom. The lowest BCUT2D eigenvalue weighted by Crippen LogP contribution is -2.40. The number of piperidine rings is 1. The molecule has 1 N–H and O–H groups in total. The average Bonchev–Trinajstić information content (AvgIpc) is 3.00. The summed E-state index contributed by atoms with van der Waals surface area (Å²) in [6, 6.07) is 0.489. The number of hydrogen-bond acceptors (Lipinski definition) is 3. The van der Waals surface area contributed by atoms with Crippen molar-refractivity contribution < 1.29 is 4.79 Å². The summed E-state index contributed by atoms with van der Waals surface area (Å²) in [5, 5.41) is 3.10. The van der Waals surface area contributed by atoms with E-state index in [1.807, 2.05) is 0 Å². The molecule has 4 heteroatoms. The van der Waals surface area contributed by atoms with Crippen molar-refractivity contribution in [1.29, 1.82) is 0 Å². The van der Waals surface area contributed by atoms with E-state index in [9.17, 15) is 4.79 Å². The van der Waals surface area contributed by atoms with Gasteiger partial charge in [0.15, 0.2) is 0 Å². The number of carbonyl (C=O) groups excluding carboxylic acids is 1. The van der Waals surface area contributed by atoms with E-state index in [1.165, 1.54) is 58.3 Å². The lowest BCUT2D eigenvalue weighted by molar-refractivity contribution is -0.121. The van der Waals surface area contributed by atoms with Crippen LogP contribution in [0.5, 0.6) is 0 Å². The molecule has 2 aliphatic rings. The SMILES string of the molecule is CC(CNC(=O)CCCN1CCCCC1)N1CCCC1. The first-order valence-electron chi connectivity index (χ1n) is 8.49. The summed E-state index contributed by atoms with van der Waals surface area (Å²) in [6.07, 6.45) is 8.36. The van der Waals surface area contributed by atoms with E-state index in [4.69, 9.17) is 0 Å². The van der Waals surface area contributed by atoms with Crippen LogP contribution in [-0.4, -0.2) is 61.0 Å². The Labute approximate surface area is 123 Å². The Kier molecular flexibility index (Phi) is 6.80. The third kappa shape index (κ3) is 5.41. The average molecular weight is 281 g/mol. The topological polar surface area (TPSA) is 35.6 Å². The number of likely N-dealkylation sites (tertiary alicyclic amines) is 2. The molecule has 0 aromatic heterocycles. The summed E-state index contributed by atoms with van der Waals surface area (Å²) < 4.78 is 0. The van der Waals surface area contributed by atoms with Crippen LogP contribution in [0.15, 0.2) is 0 Å². The second kappa shape index (κ2) is 8.63. The van der Waals surface area contributed by atoms with Gasteiger partial charge in [0.05, 0.1) is 0 Å². The fourth-order valence-electron chi connectivity index (χ4n) is 3.31. The summed E-state index contributed by atoms with van der Waals surface area (Å²) in [6.45, 7) is 8.98. The summed E-state index contributed by atoms with van der Waals surface area (Å²) >= 11 is 0. The molecule has 2 fully saturated rings. The number of nitrogens with one attached hydrogen (secondary N) is 1. The van der Waals surface area contributed by atoms with Crippen LogP contribution in [-0.2, 0) is 4.79 Å². The molecule has 1 amide bonds. The number of hydrogen-bond donors (Lipinski definition) is 1. The molecule has 2 saturated heterocycles. The highest BCUT2D eigenvalue weighted by Crippen LogP contribution is 2.11. The Morgan fingerprint density at radius 2 is 1.70 bits per heavy atom. The fraction of sp³-hybridized carbons (Fsp3) is 0.938. The molecule has 1 unspecified atom stereocenters. The summed E-state index contributed by atoms with van der Waals surface area (Å²) in [7, 11) is 0. The Morgan fingerprint density at radius 1 is 1.05 bits per heavy atom. The molecule has 20 heavy (non-hydrogen) atoms. The van der Waals surface area contributed by atoms with Gasteiger partial charge in [-0.2, -0.15) is 0 Å². The van der Waals surface area contributed by atoms with Gasteiger partial charge in [0.2, 0.25) is 5.91 Å². The van der Waals surface area contributed by atoms with Crippen molar-refractivity contribution in [3.05, 3.63) is 0 Å². The number of carbonyl (C=O) groups is 1. The second-order valence-corrected chi connectivity index (χ2v) is 6.40. The van der Waals surface area contributed by atoms with Gasteiger partial charge >= 0.3 is 0 Å². The smallest absolute Gasteiger partial charge is 0.220 e. The zero-order chi connectivity index (χ0) is 14.2. The quantitative estimate of drug-likeness (QED) is 0.773. The zero-order valence-electron chi connectivity index (χ0n) is 13.1. The molecule has 2 rings (SSSR count). The normalized spacial score (nSPS) is 22.9. The molecule has 0 bridgehead atoms. The van der Waals surface area contributed by atoms with Gasteiger partial charge < -0.3 is 10.2 Å². The molecular formula is C16H31N3O. The van der Waals surface area contributed by atoms with Gasteiger partial charge in [-0.25, -0.2) is 0 Å². The molecule has 0 saturated carbocycles. The second-order valence-electron chi connectivity index (χ2n) is 6.40. The van der Waals surface area contributed by atoms with Gasteiger partial charge in [0.1, 0.15) is 0 Å². The molecule has 2 heterocycles. The molecule has 0 aromatic rings. The standard InChI is InChI=1S/C16H31N3O/c1-15(19-12-5-6-13-19)14-17-16(20)8-7-11-18-9-3-2-4-10-18/h15H,2-14H2,1H3,(H,17,20). The van der Waals surface area contributed by atoms with Crippen molar-refractivity contribution in [2.24, 2.45) is 0 Å². The lowest BCUT2D eigenvalue weighted by Gasteiger charge is -2.26. The van der Waals surface area contributed by atoms with Gasteiger partial charge in [-0.3, -0.25) is 9.69 Å². The molecule has 0 aliphatic carbocycles. The van der Waals surface area contributed by atoms with Gasteiger partial charge in [0.25, 0.3) is 0 Å². The highest BCUT2D eigenvalue weighted by Gasteiger charge is 2.18. The van der Waals surface area contributed by atoms with E-state index in [0.29, 0.717) is 12.5 Å². The van der Waals surface area contributed by atoms with Crippen LogP contribution < -0.4 is 5.32 Å². The van der Waals surface area contributed by atoms with E-state index >= 15 is 0 Å². The minimum absolute atomic E-state index is 0.230. The molecule has 0 radical (unpaired) electrons. The summed E-state index contributed by atoms with van der Waals surface area (Å²) in [4.78, 5) is 16.8. The largest absolute Gasteiger partial charge is 0.355 e. The van der Waals surface area contributed by atoms with Crippen molar-refractivity contribution in [3.63, 3.8) is 0 Å². The van der Waals surface area contributed by atoms with E-state index < -0.39 is 0 Å². The number of rotatable bonds is 7. The highest BCUT2D eigenvalue weighted by atomic mass is 16.1. The van der Waals surface area contributed by atoms with Crippen molar-refractivity contribution in [2.45, 2.75) is 57.9 Å². The van der Waals surface area contributed by atoms with Crippen LogP contribution in [0.2, 0.25) is 0 Å². The van der Waals surface area contributed by atoms with Crippen LogP contribution in [0.3, 0.4) is 0 Å². The molecule has 2 aliphatic heterocycles. The third-order valence-corrected chi connectivity index (χ3v) is 4.69. The van der Waals surface area contributed by atoms with Crippen molar-refractivity contribution >= 4 is 5.91 Å². The minimum atomic E-state index is 0.230. The number of amides is 1. The predicted molar refractivity (Wildman–Crippen MR) is 82.8 cm³/mol. The predicted octanol–water partition coefficient (Wildman–Crippen LogP) is 1.85. The molecular weight excluding hydrogens is 250 g/mol. The first kappa shape index (κ1) is 15.8. The number of nitrogens with zero attached hydrogens (tertiary/aromatic N) is 2. The third-order valence-electron chi connectivity index (χ3n) is 4.69. The molecule has 0 aromatic carbocycles. The van der Waals surface area contributed by atoms with E-state index in [2.05, 4.69) is 22.0 Å². The van der Waals surface area contributed by atoms with Crippen molar-refractivity contribution in [3.8, 4) is 0 Å². The van der Waals surface area contributed by atoms with Gasteiger partial charge in [0, 0.05) is 19.0 Å². The van der Waals surface area contributed by atoms with E-state index in [0.717, 1.165) is 19.5 Å². The molecule has 1 atom stereocenters. The van der Waals surface area contributed by atoms with Crippen LogP contribution >= 0.6 is 0 Å². The van der Waals surface area contributed by atoms with Crippen LogP contribution in [0, 0.1) is 0 Å². The van der Waals surface area contributed by atoms with Crippen LogP contribution in [0.4, 0.5) is 0 Å². The van der Waals surface area contributed by atoms with Crippen LogP contribution in [0.25, 0.3) is 0 Å². The Hall–Kier alpha value is -0.610. The van der Waals surface area contributed by atoms with Crippen molar-refractivity contribution in [2.75, 3.05) is 39.3 Å². The summed E-state index contributed by atoms with van der Waals surface area (Å²) in [5.74, 6) is 0.230. The van der Waals surface area contributed by atoms with Gasteiger partial charge in [-0.15, -0.1) is 0 Å². The van der Waals surface area contributed by atoms with Gasteiger partial charge in [-0.1, -0.05) is 6.42 Å². The highest BCUT2D eigenvalue weighted by molar-refractivity contribution is 5.75. The molecule has 0 spiro atoms. The van der Waals surface area contributed by atoms with Crippen LogP contribution in [0.1, 0.15) is 51.9 Å². The zero-order valence-corrected chi connectivity index (χ0v) is 13.1.